The number of H-pyrrole nitrogens is 1. The molecular weight excluding hydrogens is 280 g/mol. The van der Waals surface area contributed by atoms with Gasteiger partial charge in [-0.2, -0.15) is 0 Å². The fourth-order valence-electron chi connectivity index (χ4n) is 1.65. The van der Waals surface area contributed by atoms with Crippen LogP contribution in [0.1, 0.15) is 13.8 Å². The molecule has 0 aliphatic heterocycles. The van der Waals surface area contributed by atoms with Gasteiger partial charge in [0.2, 0.25) is 0 Å². The number of ether oxygens (including phenoxy) is 1. The molecule has 2 aromatic rings. The first-order chi connectivity index (χ1) is 9.71. The van der Waals surface area contributed by atoms with E-state index in [1.54, 1.807) is 7.11 Å². The highest BCUT2D eigenvalue weighted by Crippen LogP contribution is 2.35. The Morgan fingerprint density at radius 3 is 2.90 bits per heavy atom. The lowest BCUT2D eigenvalue weighted by Gasteiger charge is -2.11. The molecule has 0 amide bonds. The van der Waals surface area contributed by atoms with Crippen molar-refractivity contribution in [1.82, 2.24) is 24.7 Å². The Labute approximate surface area is 120 Å². The Hall–Kier alpha value is -2.03. The van der Waals surface area contributed by atoms with E-state index in [0.29, 0.717) is 28.3 Å². The topological polar surface area (TPSA) is 97.7 Å². The van der Waals surface area contributed by atoms with Crippen LogP contribution in [0, 0.1) is 0 Å². The Bertz CT molecular complexity index is 638. The molecule has 8 nitrogen and oxygen atoms in total. The van der Waals surface area contributed by atoms with Gasteiger partial charge < -0.3 is 10.1 Å². The third-order valence-electron chi connectivity index (χ3n) is 2.55. The van der Waals surface area contributed by atoms with Crippen molar-refractivity contribution in [3.8, 4) is 5.75 Å². The minimum Gasteiger partial charge on any atom is -0.490 e. The molecule has 108 valence electrons. The molecule has 0 aromatic carbocycles. The molecule has 0 saturated heterocycles. The standard InChI is InChI=1S/C11H16N6O2S/c1-4-12-8-7(19-3)9(14-6-13-8)20-11-16-15-10(18)17(11)5-2/h6H,4-5H2,1-3H3,(H,15,18)(H,12,13,14). The highest BCUT2D eigenvalue weighted by atomic mass is 32.2. The van der Waals surface area contributed by atoms with Crippen molar-refractivity contribution in [3.05, 3.63) is 16.8 Å². The third kappa shape index (κ3) is 2.77. The van der Waals surface area contributed by atoms with Gasteiger partial charge >= 0.3 is 5.69 Å². The number of methoxy groups -OCH3 is 1. The summed E-state index contributed by atoms with van der Waals surface area (Å²) in [7, 11) is 1.56. The largest absolute Gasteiger partial charge is 0.490 e. The number of aromatic amines is 1. The van der Waals surface area contributed by atoms with Crippen LogP contribution in [-0.4, -0.2) is 38.4 Å². The number of hydrogen-bond donors (Lipinski definition) is 2. The molecule has 2 N–H and O–H groups in total. The van der Waals surface area contributed by atoms with E-state index in [0.717, 1.165) is 6.54 Å². The Kier molecular flexibility index (Phi) is 4.61. The average Bonchev–Trinajstić information content (AvgIpc) is 2.80. The van der Waals surface area contributed by atoms with Crippen LogP contribution in [0.3, 0.4) is 0 Å². The van der Waals surface area contributed by atoms with E-state index in [4.69, 9.17) is 4.74 Å². The molecule has 0 saturated carbocycles. The first kappa shape index (κ1) is 14.4. The van der Waals surface area contributed by atoms with Crippen molar-refractivity contribution in [3.63, 3.8) is 0 Å². The minimum atomic E-state index is -0.241. The van der Waals surface area contributed by atoms with Gasteiger partial charge in [0.05, 0.1) is 7.11 Å². The fraction of sp³-hybridized carbons (Fsp3) is 0.455. The van der Waals surface area contributed by atoms with Crippen LogP contribution in [0.5, 0.6) is 5.75 Å². The second kappa shape index (κ2) is 6.42. The van der Waals surface area contributed by atoms with Gasteiger partial charge in [-0.1, -0.05) is 0 Å². The molecule has 20 heavy (non-hydrogen) atoms. The Balaban J connectivity index is 2.37. The third-order valence-corrected chi connectivity index (χ3v) is 3.53. The zero-order valence-corrected chi connectivity index (χ0v) is 12.3. The van der Waals surface area contributed by atoms with Crippen molar-refractivity contribution in [2.45, 2.75) is 30.6 Å². The molecule has 0 atom stereocenters. The van der Waals surface area contributed by atoms with E-state index in [-0.39, 0.29) is 5.69 Å². The van der Waals surface area contributed by atoms with E-state index in [1.807, 2.05) is 13.8 Å². The highest BCUT2D eigenvalue weighted by molar-refractivity contribution is 7.99. The smallest absolute Gasteiger partial charge is 0.343 e. The predicted octanol–water partition coefficient (Wildman–Crippen LogP) is 0.973. The summed E-state index contributed by atoms with van der Waals surface area (Å²) in [5, 5.41) is 10.7. The highest BCUT2D eigenvalue weighted by Gasteiger charge is 2.16. The predicted molar refractivity (Wildman–Crippen MR) is 75.4 cm³/mol. The second-order valence-corrected chi connectivity index (χ2v) is 4.70. The summed E-state index contributed by atoms with van der Waals surface area (Å²) in [5.74, 6) is 1.16. The zero-order chi connectivity index (χ0) is 14.5. The van der Waals surface area contributed by atoms with Crippen LogP contribution in [-0.2, 0) is 6.54 Å². The average molecular weight is 296 g/mol. The van der Waals surface area contributed by atoms with E-state index in [1.165, 1.54) is 22.7 Å². The second-order valence-electron chi connectivity index (χ2n) is 3.75. The van der Waals surface area contributed by atoms with E-state index < -0.39 is 0 Å². The number of nitrogens with one attached hydrogen (secondary N) is 2. The van der Waals surface area contributed by atoms with Gasteiger partial charge in [-0.05, 0) is 25.6 Å². The monoisotopic (exact) mass is 296 g/mol. The summed E-state index contributed by atoms with van der Waals surface area (Å²) >= 11 is 1.26. The Morgan fingerprint density at radius 1 is 1.45 bits per heavy atom. The van der Waals surface area contributed by atoms with Crippen molar-refractivity contribution >= 4 is 17.6 Å². The van der Waals surface area contributed by atoms with Gasteiger partial charge in [0.15, 0.2) is 21.7 Å². The SMILES string of the molecule is CCNc1ncnc(Sc2n[nH]c(=O)n2CC)c1OC. The van der Waals surface area contributed by atoms with Crippen LogP contribution in [0.25, 0.3) is 0 Å². The van der Waals surface area contributed by atoms with Crippen molar-refractivity contribution in [1.29, 1.82) is 0 Å². The summed E-state index contributed by atoms with van der Waals surface area (Å²) in [5.41, 5.74) is -0.241. The van der Waals surface area contributed by atoms with Crippen molar-refractivity contribution in [2.75, 3.05) is 19.0 Å². The molecule has 2 rings (SSSR count). The normalized spacial score (nSPS) is 10.6. The summed E-state index contributed by atoms with van der Waals surface area (Å²) in [4.78, 5) is 19.9. The van der Waals surface area contributed by atoms with Gasteiger partial charge in [-0.3, -0.25) is 4.57 Å². The maximum absolute atomic E-state index is 11.5. The van der Waals surface area contributed by atoms with Gasteiger partial charge in [0.1, 0.15) is 6.33 Å². The molecule has 0 spiro atoms. The van der Waals surface area contributed by atoms with Crippen LogP contribution in [0.15, 0.2) is 21.3 Å². The number of rotatable bonds is 6. The van der Waals surface area contributed by atoms with Gasteiger partial charge in [0, 0.05) is 13.1 Å². The summed E-state index contributed by atoms with van der Waals surface area (Å²) in [6.45, 7) is 5.10. The molecule has 0 unspecified atom stereocenters. The number of hydrogen-bond acceptors (Lipinski definition) is 7. The lowest BCUT2D eigenvalue weighted by Crippen LogP contribution is -2.16. The van der Waals surface area contributed by atoms with Crippen molar-refractivity contribution < 1.29 is 4.74 Å². The quantitative estimate of drug-likeness (QED) is 0.766. The minimum absolute atomic E-state index is 0.241. The fourth-order valence-corrected chi connectivity index (χ4v) is 2.61. The number of anilines is 1. The molecule has 2 heterocycles. The number of nitrogens with zero attached hydrogens (tertiary/aromatic N) is 4. The van der Waals surface area contributed by atoms with Gasteiger partial charge in [-0.25, -0.2) is 19.9 Å². The summed E-state index contributed by atoms with van der Waals surface area (Å²) < 4.78 is 6.87. The van der Waals surface area contributed by atoms with Crippen LogP contribution in [0.2, 0.25) is 0 Å². The number of aromatic nitrogens is 5. The summed E-state index contributed by atoms with van der Waals surface area (Å²) in [6, 6.07) is 0. The first-order valence-electron chi connectivity index (χ1n) is 6.17. The molecule has 0 bridgehead atoms. The molecule has 0 aliphatic carbocycles. The first-order valence-corrected chi connectivity index (χ1v) is 6.98. The van der Waals surface area contributed by atoms with Crippen LogP contribution in [0.4, 0.5) is 5.82 Å². The molecule has 9 heteroatoms. The lowest BCUT2D eigenvalue weighted by atomic mass is 10.5. The molecular formula is C11H16N6O2S. The van der Waals surface area contributed by atoms with Gasteiger partial charge in [0.25, 0.3) is 0 Å². The maximum Gasteiger partial charge on any atom is 0.343 e. The molecule has 0 fully saturated rings. The Morgan fingerprint density at radius 2 is 2.25 bits per heavy atom. The molecule has 2 aromatic heterocycles. The van der Waals surface area contributed by atoms with E-state index in [2.05, 4.69) is 25.5 Å². The van der Waals surface area contributed by atoms with E-state index in [9.17, 15) is 4.79 Å². The maximum atomic E-state index is 11.5. The molecule has 0 aliphatic rings. The van der Waals surface area contributed by atoms with Crippen LogP contribution < -0.4 is 15.7 Å². The van der Waals surface area contributed by atoms with Crippen molar-refractivity contribution in [2.24, 2.45) is 0 Å². The van der Waals surface area contributed by atoms with Gasteiger partial charge in [-0.15, -0.1) is 5.10 Å². The lowest BCUT2D eigenvalue weighted by molar-refractivity contribution is 0.400. The van der Waals surface area contributed by atoms with E-state index >= 15 is 0 Å². The molecule has 0 radical (unpaired) electrons. The summed E-state index contributed by atoms with van der Waals surface area (Å²) in [6.07, 6.45) is 1.45. The van der Waals surface area contributed by atoms with Crippen LogP contribution >= 0.6 is 11.8 Å². The zero-order valence-electron chi connectivity index (χ0n) is 11.5.